The van der Waals surface area contributed by atoms with Gasteiger partial charge in [0.2, 0.25) is 5.91 Å². The highest BCUT2D eigenvalue weighted by Crippen LogP contribution is 2.67. The first-order valence-corrected chi connectivity index (χ1v) is 21.1. The minimum atomic E-state index is -0.130. The van der Waals surface area contributed by atoms with E-state index in [9.17, 15) is 9.59 Å². The number of rotatable bonds is 21. The smallest absolute Gasteiger partial charge is 0.306 e. The monoisotopic (exact) mass is 684 g/mol. The molecule has 0 radical (unpaired) electrons. The van der Waals surface area contributed by atoms with Gasteiger partial charge in [0, 0.05) is 32.4 Å². The molecule has 0 aromatic heterocycles. The number of esters is 1. The molecule has 4 rings (SSSR count). The molecule has 0 spiro atoms. The first-order valence-electron chi connectivity index (χ1n) is 21.1. The molecule has 8 atom stereocenters. The van der Waals surface area contributed by atoms with Crippen molar-refractivity contribution in [2.75, 3.05) is 26.2 Å². The van der Waals surface area contributed by atoms with Crippen molar-refractivity contribution in [1.82, 2.24) is 4.90 Å². The quantitative estimate of drug-likeness (QED) is 0.0713. The van der Waals surface area contributed by atoms with Crippen molar-refractivity contribution in [3.8, 4) is 0 Å². The van der Waals surface area contributed by atoms with Crippen LogP contribution >= 0.6 is 0 Å². The average Bonchev–Trinajstić information content (AvgIpc) is 3.43. The number of unbranched alkanes of at least 4 members (excludes halogenated alkanes) is 5. The second-order valence-electron chi connectivity index (χ2n) is 17.9. The summed E-state index contributed by atoms with van der Waals surface area (Å²) in [4.78, 5) is 28.0. The molecule has 49 heavy (non-hydrogen) atoms. The molecular weight excluding hydrogens is 606 g/mol. The van der Waals surface area contributed by atoms with Gasteiger partial charge < -0.3 is 21.1 Å². The average molecular weight is 684 g/mol. The molecule has 4 aliphatic rings. The zero-order valence-electron chi connectivity index (χ0n) is 32.6. The zero-order valence-corrected chi connectivity index (χ0v) is 32.6. The predicted octanol–water partition coefficient (Wildman–Crippen LogP) is 9.59. The summed E-state index contributed by atoms with van der Waals surface area (Å²) in [5.74, 6) is 5.05. The first kappa shape index (κ1) is 40.4. The van der Waals surface area contributed by atoms with Crippen molar-refractivity contribution in [1.29, 1.82) is 0 Å². The van der Waals surface area contributed by atoms with Crippen LogP contribution in [0.25, 0.3) is 0 Å². The molecule has 1 amide bonds. The van der Waals surface area contributed by atoms with Crippen LogP contribution in [0.4, 0.5) is 0 Å². The summed E-state index contributed by atoms with van der Waals surface area (Å²) in [5, 5.41) is 0. The number of fused-ring (bicyclic) bond motifs is 5. The van der Waals surface area contributed by atoms with Crippen LogP contribution in [0, 0.1) is 46.3 Å². The fourth-order valence-corrected chi connectivity index (χ4v) is 11.3. The Bertz CT molecular complexity index is 1060. The van der Waals surface area contributed by atoms with E-state index in [1.165, 1.54) is 70.6 Å². The van der Waals surface area contributed by atoms with Crippen LogP contribution in [-0.4, -0.2) is 49.1 Å². The lowest BCUT2D eigenvalue weighted by atomic mass is 9.47. The lowest BCUT2D eigenvalue weighted by molar-refractivity contribution is -0.151. The Kier molecular flexibility index (Phi) is 16.0. The molecule has 1 unspecified atom stereocenters. The van der Waals surface area contributed by atoms with E-state index in [1.54, 1.807) is 5.57 Å². The maximum atomic E-state index is 13.0. The van der Waals surface area contributed by atoms with Gasteiger partial charge in [-0.25, -0.2) is 0 Å². The molecule has 0 saturated heterocycles. The van der Waals surface area contributed by atoms with Crippen LogP contribution in [0.2, 0.25) is 0 Å². The highest BCUT2D eigenvalue weighted by Gasteiger charge is 2.59. The number of carbonyl (C=O) groups excluding carboxylic acids is 2. The zero-order chi connectivity index (χ0) is 35.4. The van der Waals surface area contributed by atoms with Crippen LogP contribution in [-0.2, 0) is 14.3 Å². The van der Waals surface area contributed by atoms with Gasteiger partial charge in [-0.05, 0) is 130 Å². The summed E-state index contributed by atoms with van der Waals surface area (Å²) in [6.07, 6.45) is 25.6. The van der Waals surface area contributed by atoms with Crippen LogP contribution < -0.4 is 11.5 Å². The Morgan fingerprint density at radius 1 is 0.816 bits per heavy atom. The number of allylic oxidation sites excluding steroid dienone is 1. The summed E-state index contributed by atoms with van der Waals surface area (Å²) < 4.78 is 6.09. The van der Waals surface area contributed by atoms with Crippen molar-refractivity contribution < 1.29 is 14.3 Å². The van der Waals surface area contributed by atoms with Gasteiger partial charge in [0.15, 0.2) is 0 Å². The molecule has 282 valence electrons. The van der Waals surface area contributed by atoms with Gasteiger partial charge in [-0.3, -0.25) is 9.59 Å². The second kappa shape index (κ2) is 19.4. The number of nitrogens with zero attached hydrogens (tertiary/aromatic N) is 1. The van der Waals surface area contributed by atoms with Gasteiger partial charge in [0.25, 0.3) is 0 Å². The fourth-order valence-electron chi connectivity index (χ4n) is 11.3. The Hall–Kier alpha value is -1.40. The van der Waals surface area contributed by atoms with Crippen molar-refractivity contribution in [3.05, 3.63) is 11.6 Å². The van der Waals surface area contributed by atoms with E-state index in [0.717, 1.165) is 93.5 Å². The fraction of sp³-hybridized carbons (Fsp3) is 0.907. The molecule has 4 N–H and O–H groups in total. The molecule has 0 aromatic rings. The molecule has 6 heteroatoms. The molecule has 0 heterocycles. The number of nitrogens with two attached hydrogens (primary N) is 2. The third-order valence-electron chi connectivity index (χ3n) is 14.2. The number of hydrogen-bond donors (Lipinski definition) is 2. The number of amides is 1. The van der Waals surface area contributed by atoms with E-state index < -0.39 is 0 Å². The normalized spacial score (nSPS) is 31.4. The Morgan fingerprint density at radius 2 is 1.53 bits per heavy atom. The molecule has 0 aliphatic heterocycles. The van der Waals surface area contributed by atoms with Crippen molar-refractivity contribution in [2.24, 2.45) is 57.8 Å². The van der Waals surface area contributed by atoms with Crippen molar-refractivity contribution in [3.63, 3.8) is 0 Å². The topological polar surface area (TPSA) is 98.7 Å². The first-order chi connectivity index (χ1) is 23.5. The van der Waals surface area contributed by atoms with Crippen LogP contribution in [0.15, 0.2) is 11.6 Å². The number of ether oxygens (including phenoxy) is 1. The maximum Gasteiger partial charge on any atom is 0.306 e. The van der Waals surface area contributed by atoms with E-state index >= 15 is 0 Å². The van der Waals surface area contributed by atoms with E-state index in [-0.39, 0.29) is 23.4 Å². The molecule has 0 aromatic carbocycles. The summed E-state index contributed by atoms with van der Waals surface area (Å²) in [7, 11) is 0. The van der Waals surface area contributed by atoms with Gasteiger partial charge in [-0.15, -0.1) is 0 Å². The van der Waals surface area contributed by atoms with Gasteiger partial charge in [-0.1, -0.05) is 91.2 Å². The maximum absolute atomic E-state index is 13.0. The molecule has 3 saturated carbocycles. The summed E-state index contributed by atoms with van der Waals surface area (Å²) in [6, 6.07) is 0. The van der Waals surface area contributed by atoms with Gasteiger partial charge in [0.05, 0.1) is 0 Å². The van der Waals surface area contributed by atoms with E-state index in [2.05, 4.69) is 40.7 Å². The van der Waals surface area contributed by atoms with Crippen molar-refractivity contribution in [2.45, 2.75) is 176 Å². The largest absolute Gasteiger partial charge is 0.462 e. The highest BCUT2D eigenvalue weighted by atomic mass is 16.5. The van der Waals surface area contributed by atoms with Crippen LogP contribution in [0.5, 0.6) is 0 Å². The number of hydrogen-bond acceptors (Lipinski definition) is 5. The molecular formula is C43H77N3O3. The van der Waals surface area contributed by atoms with Gasteiger partial charge in [0.1, 0.15) is 6.10 Å². The number of carbonyl (C=O) groups is 2. The van der Waals surface area contributed by atoms with Crippen LogP contribution in [0.3, 0.4) is 0 Å². The van der Waals surface area contributed by atoms with Crippen molar-refractivity contribution >= 4 is 11.9 Å². The van der Waals surface area contributed by atoms with Gasteiger partial charge >= 0.3 is 5.97 Å². The summed E-state index contributed by atoms with van der Waals surface area (Å²) >= 11 is 0. The highest BCUT2D eigenvalue weighted by molar-refractivity contribution is 5.77. The van der Waals surface area contributed by atoms with Crippen LogP contribution in [0.1, 0.15) is 169 Å². The Balaban J connectivity index is 1.22. The lowest BCUT2D eigenvalue weighted by Gasteiger charge is -2.58. The molecule has 4 aliphatic carbocycles. The lowest BCUT2D eigenvalue weighted by Crippen LogP contribution is -2.51. The van der Waals surface area contributed by atoms with E-state index in [0.29, 0.717) is 37.8 Å². The molecule has 0 bridgehead atoms. The minimum absolute atomic E-state index is 0.0126. The minimum Gasteiger partial charge on any atom is -0.462 e. The predicted molar refractivity (Wildman–Crippen MR) is 204 cm³/mol. The molecule has 3 fully saturated rings. The third kappa shape index (κ3) is 10.6. The Labute approximate surface area is 301 Å². The van der Waals surface area contributed by atoms with Gasteiger partial charge in [-0.2, -0.15) is 0 Å². The standard InChI is InChI=1S/C43H77N3O3/c1-32(2)15-12-16-33(3)37-21-22-38-36-20-19-34-31-35(23-25-42(34,4)39(36)24-26-43(37,38)5)49-41(48)18-13-17-40(47)46(30-14-28-45)29-11-9-7-6-8-10-27-44/h19,32-33,35-39H,6-18,20-31,44-45H2,1-5H3/t33?,35-,36-,37+,38-,39-,42-,43+/m0/s1. The second-order valence-corrected chi connectivity index (χ2v) is 17.9. The van der Waals surface area contributed by atoms with E-state index in [1.807, 2.05) is 4.90 Å². The summed E-state index contributed by atoms with van der Waals surface area (Å²) in [6.45, 7) is 15.4. The van der Waals surface area contributed by atoms with E-state index in [4.69, 9.17) is 16.2 Å². The summed E-state index contributed by atoms with van der Waals surface area (Å²) in [5.41, 5.74) is 13.7. The Morgan fingerprint density at radius 3 is 2.27 bits per heavy atom. The third-order valence-corrected chi connectivity index (χ3v) is 14.2. The SMILES string of the molecule is CC(C)CCCC(C)[C@H]1CC[C@H]2[C@@H]3CC=C4C[C@@H](OC(=O)CCCC(=O)N(CCCN)CCCCCCCCN)CC[C@]4(C)[C@H]3CC[C@]12C. The molecule has 6 nitrogen and oxygen atoms in total.